The fraction of sp³-hybridized carbons (Fsp3) is 0.318. The second kappa shape index (κ2) is 7.35. The number of carbonyl (C=O) groups is 1. The molecule has 0 saturated heterocycles. The second-order valence-electron chi connectivity index (χ2n) is 8.50. The minimum atomic E-state index is -3.76. The van der Waals surface area contributed by atoms with E-state index in [2.05, 4.69) is 15.0 Å². The zero-order valence-corrected chi connectivity index (χ0v) is 18.5. The first-order valence-corrected chi connectivity index (χ1v) is 11.3. The molecule has 3 aromatic rings. The molecule has 0 bridgehead atoms. The molecule has 0 spiro atoms. The third kappa shape index (κ3) is 3.57. The van der Waals surface area contributed by atoms with Gasteiger partial charge in [-0.15, -0.1) is 0 Å². The minimum Gasteiger partial charge on any atom is -0.453 e. The van der Waals surface area contributed by atoms with Crippen LogP contribution in [-0.4, -0.2) is 43.0 Å². The highest BCUT2D eigenvalue weighted by Crippen LogP contribution is 2.45. The summed E-state index contributed by atoms with van der Waals surface area (Å²) in [4.78, 5) is 15.0. The van der Waals surface area contributed by atoms with Crippen LogP contribution in [0.2, 0.25) is 0 Å². The fourth-order valence-corrected chi connectivity index (χ4v) is 6.41. The number of amides is 1. The Morgan fingerprint density at radius 2 is 1.97 bits per heavy atom. The van der Waals surface area contributed by atoms with E-state index < -0.39 is 27.7 Å². The number of H-pyrrole nitrogens is 1. The molecule has 1 aliphatic heterocycles. The number of fused-ring (bicyclic) bond motifs is 2. The summed E-state index contributed by atoms with van der Waals surface area (Å²) >= 11 is 0. The summed E-state index contributed by atoms with van der Waals surface area (Å²) in [5.41, 5.74) is 2.18. The number of aromatic nitrogens is 1. The lowest BCUT2D eigenvalue weighted by atomic mass is 9.97. The van der Waals surface area contributed by atoms with Crippen molar-refractivity contribution in [2.45, 2.75) is 37.2 Å². The Labute approximate surface area is 180 Å². The van der Waals surface area contributed by atoms with Crippen LogP contribution in [0.1, 0.15) is 32.4 Å². The van der Waals surface area contributed by atoms with E-state index in [4.69, 9.17) is 0 Å². The molecule has 7 nitrogen and oxygen atoms in total. The second-order valence-corrected chi connectivity index (χ2v) is 10.3. The third-order valence-electron chi connectivity index (χ3n) is 5.43. The average Bonchev–Trinajstić information content (AvgIpc) is 3.21. The van der Waals surface area contributed by atoms with Gasteiger partial charge >= 0.3 is 6.09 Å². The molecule has 2 aromatic carbocycles. The van der Waals surface area contributed by atoms with Gasteiger partial charge in [0.05, 0.1) is 18.0 Å². The van der Waals surface area contributed by atoms with Crippen LogP contribution in [-0.2, 0) is 14.8 Å². The van der Waals surface area contributed by atoms with Gasteiger partial charge in [-0.25, -0.2) is 17.6 Å². The summed E-state index contributed by atoms with van der Waals surface area (Å²) in [6, 6.07) is 9.08. The highest BCUT2D eigenvalue weighted by atomic mass is 32.2. The van der Waals surface area contributed by atoms with Crippen molar-refractivity contribution < 1.29 is 22.3 Å². The lowest BCUT2D eigenvalue weighted by Crippen LogP contribution is -2.47. The monoisotopic (exact) mass is 445 g/mol. The molecule has 164 valence electrons. The van der Waals surface area contributed by atoms with Gasteiger partial charge in [0.2, 0.25) is 10.0 Å². The molecule has 1 atom stereocenters. The maximum atomic E-state index is 13.6. The number of rotatable bonds is 3. The molecule has 1 amide bonds. The topological polar surface area (TPSA) is 91.5 Å². The summed E-state index contributed by atoms with van der Waals surface area (Å²) in [5.74, 6) is -0.337. The van der Waals surface area contributed by atoms with Crippen molar-refractivity contribution in [3.63, 3.8) is 0 Å². The number of hydrogen-bond donors (Lipinski definition) is 2. The normalized spacial score (nSPS) is 18.2. The molecule has 9 heteroatoms. The van der Waals surface area contributed by atoms with E-state index in [1.807, 2.05) is 26.8 Å². The first-order chi connectivity index (χ1) is 14.5. The van der Waals surface area contributed by atoms with Crippen molar-refractivity contribution in [3.8, 4) is 11.1 Å². The summed E-state index contributed by atoms with van der Waals surface area (Å²) in [6.45, 7) is 5.52. The first kappa shape index (κ1) is 21.3. The Morgan fingerprint density at radius 1 is 1.23 bits per heavy atom. The number of nitrogens with one attached hydrogen (secondary N) is 2. The van der Waals surface area contributed by atoms with Crippen LogP contribution in [0, 0.1) is 5.82 Å². The van der Waals surface area contributed by atoms with Crippen molar-refractivity contribution in [2.75, 3.05) is 13.7 Å². The highest BCUT2D eigenvalue weighted by molar-refractivity contribution is 7.89. The standard InChI is InChI=1S/C22H24FN3O4S/c1-22(2,3)26-19(12-25-21(27)30-4)16-9-13(5-8-20(16)31(26,28)29)17-11-24-18-10-14(23)6-7-15(17)18/h5-11,19,24H,12H2,1-4H3,(H,25,27). The van der Waals surface area contributed by atoms with Crippen molar-refractivity contribution in [3.05, 3.63) is 54.0 Å². The Balaban J connectivity index is 1.85. The minimum absolute atomic E-state index is 0.0682. The zero-order chi connectivity index (χ0) is 22.6. The number of aromatic amines is 1. The van der Waals surface area contributed by atoms with Crippen LogP contribution >= 0.6 is 0 Å². The number of methoxy groups -OCH3 is 1. The van der Waals surface area contributed by atoms with E-state index in [0.29, 0.717) is 11.1 Å². The molecule has 2 N–H and O–H groups in total. The van der Waals surface area contributed by atoms with Gasteiger partial charge in [-0.3, -0.25) is 0 Å². The molecule has 0 radical (unpaired) electrons. The molecule has 0 saturated carbocycles. The smallest absolute Gasteiger partial charge is 0.406 e. The van der Waals surface area contributed by atoms with E-state index in [-0.39, 0.29) is 17.3 Å². The Morgan fingerprint density at radius 3 is 2.65 bits per heavy atom. The maximum absolute atomic E-state index is 13.6. The Hall–Kier alpha value is -2.91. The molecule has 1 unspecified atom stereocenters. The van der Waals surface area contributed by atoms with Crippen molar-refractivity contribution >= 4 is 27.0 Å². The van der Waals surface area contributed by atoms with Crippen molar-refractivity contribution in [1.29, 1.82) is 0 Å². The first-order valence-electron chi connectivity index (χ1n) is 9.81. The van der Waals surface area contributed by atoms with Crippen LogP contribution in [0.15, 0.2) is 47.5 Å². The predicted molar refractivity (Wildman–Crippen MR) is 116 cm³/mol. The molecular weight excluding hydrogens is 421 g/mol. The van der Waals surface area contributed by atoms with Gasteiger partial charge in [0.1, 0.15) is 5.82 Å². The van der Waals surface area contributed by atoms with E-state index in [1.54, 1.807) is 24.4 Å². The van der Waals surface area contributed by atoms with E-state index in [9.17, 15) is 17.6 Å². The number of benzene rings is 2. The van der Waals surface area contributed by atoms with Gasteiger partial charge in [-0.1, -0.05) is 6.07 Å². The molecule has 2 heterocycles. The Bertz CT molecular complexity index is 1280. The van der Waals surface area contributed by atoms with Crippen molar-refractivity contribution in [2.24, 2.45) is 0 Å². The molecule has 1 aliphatic rings. The van der Waals surface area contributed by atoms with Crippen LogP contribution in [0.4, 0.5) is 9.18 Å². The van der Waals surface area contributed by atoms with Gasteiger partial charge in [0, 0.05) is 34.7 Å². The lowest BCUT2D eigenvalue weighted by molar-refractivity contribution is 0.159. The maximum Gasteiger partial charge on any atom is 0.406 e. The average molecular weight is 446 g/mol. The lowest BCUT2D eigenvalue weighted by Gasteiger charge is -2.35. The fourth-order valence-electron chi connectivity index (χ4n) is 4.22. The van der Waals surface area contributed by atoms with E-state index >= 15 is 0 Å². The van der Waals surface area contributed by atoms with E-state index in [1.165, 1.54) is 23.5 Å². The van der Waals surface area contributed by atoms with Gasteiger partial charge in [-0.2, -0.15) is 4.31 Å². The number of nitrogens with zero attached hydrogens (tertiary/aromatic N) is 1. The van der Waals surface area contributed by atoms with Crippen LogP contribution < -0.4 is 5.32 Å². The van der Waals surface area contributed by atoms with Gasteiger partial charge < -0.3 is 15.0 Å². The summed E-state index contributed by atoms with van der Waals surface area (Å²) < 4.78 is 46.3. The number of halogens is 1. The molecule has 31 heavy (non-hydrogen) atoms. The zero-order valence-electron chi connectivity index (χ0n) is 17.7. The largest absolute Gasteiger partial charge is 0.453 e. The van der Waals surface area contributed by atoms with Crippen LogP contribution in [0.25, 0.3) is 22.0 Å². The number of hydrogen-bond acceptors (Lipinski definition) is 4. The molecular formula is C22H24FN3O4S. The van der Waals surface area contributed by atoms with Crippen LogP contribution in [0.5, 0.6) is 0 Å². The van der Waals surface area contributed by atoms with Gasteiger partial charge in [0.25, 0.3) is 0 Å². The van der Waals surface area contributed by atoms with Crippen LogP contribution in [0.3, 0.4) is 0 Å². The predicted octanol–water partition coefficient (Wildman–Crippen LogP) is 4.17. The number of alkyl carbamates (subject to hydrolysis) is 1. The summed E-state index contributed by atoms with van der Waals surface area (Å²) in [6.07, 6.45) is 1.15. The highest BCUT2D eigenvalue weighted by Gasteiger charge is 2.48. The van der Waals surface area contributed by atoms with Crippen molar-refractivity contribution in [1.82, 2.24) is 14.6 Å². The summed E-state index contributed by atoms with van der Waals surface area (Å²) in [5, 5.41) is 3.46. The molecule has 1 aromatic heterocycles. The number of ether oxygens (including phenoxy) is 1. The summed E-state index contributed by atoms with van der Waals surface area (Å²) in [7, 11) is -2.50. The number of sulfonamides is 1. The Kier molecular flexibility index (Phi) is 5.06. The molecule has 0 fully saturated rings. The quantitative estimate of drug-likeness (QED) is 0.633. The number of carbonyl (C=O) groups excluding carboxylic acids is 1. The third-order valence-corrected chi connectivity index (χ3v) is 7.68. The van der Waals surface area contributed by atoms with Gasteiger partial charge in [-0.05, 0) is 62.2 Å². The van der Waals surface area contributed by atoms with E-state index in [0.717, 1.165) is 16.5 Å². The molecule has 4 rings (SSSR count). The van der Waals surface area contributed by atoms with Gasteiger partial charge in [0.15, 0.2) is 0 Å². The SMILES string of the molecule is COC(=O)NCC1c2cc(-c3c[nH]c4cc(F)ccc34)ccc2S(=O)(=O)N1C(C)(C)C. The molecule has 0 aliphatic carbocycles.